The van der Waals surface area contributed by atoms with Crippen molar-refractivity contribution in [1.29, 1.82) is 0 Å². The van der Waals surface area contributed by atoms with Gasteiger partial charge in [0.2, 0.25) is 0 Å². The van der Waals surface area contributed by atoms with Crippen LogP contribution in [0.4, 0.5) is 0 Å². The molecule has 1 aromatic heterocycles. The summed E-state index contributed by atoms with van der Waals surface area (Å²) in [5.74, 6) is 1.88. The predicted molar refractivity (Wildman–Crippen MR) is 109 cm³/mol. The van der Waals surface area contributed by atoms with Gasteiger partial charge >= 0.3 is 0 Å². The number of rotatable bonds is 7. The highest BCUT2D eigenvalue weighted by molar-refractivity contribution is 5.94. The lowest BCUT2D eigenvalue weighted by Gasteiger charge is -2.13. The van der Waals surface area contributed by atoms with Crippen molar-refractivity contribution in [2.45, 2.75) is 13.5 Å². The minimum Gasteiger partial charge on any atom is -0.497 e. The van der Waals surface area contributed by atoms with Gasteiger partial charge < -0.3 is 19.5 Å². The summed E-state index contributed by atoms with van der Waals surface area (Å²) >= 11 is 0. The number of aryl methyl sites for hydroxylation is 1. The molecule has 1 N–H and O–H groups in total. The molecular formula is C21H23N3O5. The first-order chi connectivity index (χ1) is 14.0. The second-order valence-corrected chi connectivity index (χ2v) is 6.33. The summed E-state index contributed by atoms with van der Waals surface area (Å²) in [5, 5.41) is 3.24. The molecule has 1 amide bonds. The first kappa shape index (κ1) is 20.2. The fraction of sp³-hybridized carbons (Fsp3) is 0.286. The van der Waals surface area contributed by atoms with Crippen LogP contribution in [0.25, 0.3) is 10.9 Å². The number of fused-ring (bicyclic) bond motifs is 1. The van der Waals surface area contributed by atoms with Gasteiger partial charge in [0.05, 0.1) is 32.2 Å². The van der Waals surface area contributed by atoms with E-state index < -0.39 is 0 Å². The topological polar surface area (TPSA) is 91.7 Å². The number of amides is 1. The first-order valence-electron chi connectivity index (χ1n) is 9.04. The van der Waals surface area contributed by atoms with Crippen LogP contribution < -0.4 is 25.1 Å². The number of hydrogen-bond acceptors (Lipinski definition) is 6. The molecule has 29 heavy (non-hydrogen) atoms. The molecule has 0 unspecified atom stereocenters. The molecule has 0 aliphatic heterocycles. The van der Waals surface area contributed by atoms with Crippen LogP contribution in [0.5, 0.6) is 17.2 Å². The van der Waals surface area contributed by atoms with Gasteiger partial charge in [-0.3, -0.25) is 14.2 Å². The standard InChI is InChI=1S/C21H23N3O5/c1-13-23-17-12-19(29-4)18(28-3)11-16(17)21(26)24(13)9-8-22-20(25)14-6-5-7-15(10-14)27-2/h5-7,10-12H,8-9H2,1-4H3,(H,22,25). The van der Waals surface area contributed by atoms with E-state index in [1.54, 1.807) is 50.4 Å². The van der Waals surface area contributed by atoms with Crippen LogP contribution in [0.2, 0.25) is 0 Å². The fourth-order valence-electron chi connectivity index (χ4n) is 3.07. The molecule has 0 bridgehead atoms. The van der Waals surface area contributed by atoms with Crippen molar-refractivity contribution in [2.24, 2.45) is 0 Å². The molecule has 3 rings (SSSR count). The van der Waals surface area contributed by atoms with Crippen LogP contribution in [0.15, 0.2) is 41.2 Å². The Kier molecular flexibility index (Phi) is 6.01. The number of ether oxygens (including phenoxy) is 3. The Morgan fingerprint density at radius 3 is 2.48 bits per heavy atom. The summed E-state index contributed by atoms with van der Waals surface area (Å²) in [4.78, 5) is 29.8. The fourth-order valence-corrected chi connectivity index (χ4v) is 3.07. The number of aromatic nitrogens is 2. The van der Waals surface area contributed by atoms with Crippen molar-refractivity contribution in [2.75, 3.05) is 27.9 Å². The van der Waals surface area contributed by atoms with E-state index in [0.717, 1.165) is 0 Å². The van der Waals surface area contributed by atoms with E-state index in [2.05, 4.69) is 10.3 Å². The molecule has 0 saturated heterocycles. The van der Waals surface area contributed by atoms with E-state index in [1.807, 2.05) is 0 Å². The number of benzene rings is 2. The smallest absolute Gasteiger partial charge is 0.261 e. The summed E-state index contributed by atoms with van der Waals surface area (Å²) < 4.78 is 17.2. The highest BCUT2D eigenvalue weighted by Crippen LogP contribution is 2.30. The lowest BCUT2D eigenvalue weighted by Crippen LogP contribution is -2.32. The van der Waals surface area contributed by atoms with E-state index in [1.165, 1.54) is 18.8 Å². The van der Waals surface area contributed by atoms with Crippen molar-refractivity contribution in [1.82, 2.24) is 14.9 Å². The Balaban J connectivity index is 1.81. The van der Waals surface area contributed by atoms with Crippen LogP contribution >= 0.6 is 0 Å². The number of methoxy groups -OCH3 is 3. The molecule has 3 aromatic rings. The van der Waals surface area contributed by atoms with Crippen molar-refractivity contribution in [3.8, 4) is 17.2 Å². The molecule has 0 atom stereocenters. The molecule has 0 aliphatic carbocycles. The maximum atomic E-state index is 12.9. The quantitative estimate of drug-likeness (QED) is 0.657. The highest BCUT2D eigenvalue weighted by atomic mass is 16.5. The number of nitrogens with one attached hydrogen (secondary N) is 1. The highest BCUT2D eigenvalue weighted by Gasteiger charge is 2.14. The van der Waals surface area contributed by atoms with Gasteiger partial charge in [-0.2, -0.15) is 0 Å². The summed E-state index contributed by atoms with van der Waals surface area (Å²) in [6, 6.07) is 10.2. The van der Waals surface area contributed by atoms with Crippen LogP contribution in [0.1, 0.15) is 16.2 Å². The van der Waals surface area contributed by atoms with Crippen LogP contribution in [-0.2, 0) is 6.54 Å². The van der Waals surface area contributed by atoms with Crippen molar-refractivity contribution < 1.29 is 19.0 Å². The van der Waals surface area contributed by atoms with Gasteiger partial charge in [0.15, 0.2) is 11.5 Å². The van der Waals surface area contributed by atoms with Crippen molar-refractivity contribution in [3.63, 3.8) is 0 Å². The van der Waals surface area contributed by atoms with Gasteiger partial charge in [-0.15, -0.1) is 0 Å². The first-order valence-corrected chi connectivity index (χ1v) is 9.04. The van der Waals surface area contributed by atoms with E-state index in [9.17, 15) is 9.59 Å². The normalized spacial score (nSPS) is 10.6. The Morgan fingerprint density at radius 2 is 1.79 bits per heavy atom. The van der Waals surface area contributed by atoms with E-state index in [-0.39, 0.29) is 24.6 Å². The molecule has 0 fully saturated rings. The van der Waals surface area contributed by atoms with Gasteiger partial charge in [0.25, 0.3) is 11.5 Å². The maximum absolute atomic E-state index is 12.9. The molecular weight excluding hydrogens is 374 g/mol. The number of nitrogens with zero attached hydrogens (tertiary/aromatic N) is 2. The molecule has 1 heterocycles. The molecule has 0 aliphatic rings. The minimum atomic E-state index is -0.241. The molecule has 0 saturated carbocycles. The van der Waals surface area contributed by atoms with Crippen molar-refractivity contribution in [3.05, 3.63) is 58.1 Å². The second kappa shape index (κ2) is 8.64. The maximum Gasteiger partial charge on any atom is 0.261 e. The van der Waals surface area contributed by atoms with E-state index in [4.69, 9.17) is 14.2 Å². The summed E-state index contributed by atoms with van der Waals surface area (Å²) in [5.41, 5.74) is 0.813. The number of hydrogen-bond donors (Lipinski definition) is 1. The van der Waals surface area contributed by atoms with Gasteiger partial charge in [-0.1, -0.05) is 6.07 Å². The SMILES string of the molecule is COc1cccc(C(=O)NCCn2c(C)nc3cc(OC)c(OC)cc3c2=O)c1. The molecule has 8 heteroatoms. The third-order valence-electron chi connectivity index (χ3n) is 4.60. The third kappa shape index (κ3) is 4.16. The zero-order valence-electron chi connectivity index (χ0n) is 16.8. The van der Waals surface area contributed by atoms with E-state index >= 15 is 0 Å². The Hall–Kier alpha value is -3.55. The number of carbonyl (C=O) groups excluding carboxylic acids is 1. The summed E-state index contributed by atoms with van der Waals surface area (Å²) in [6.45, 7) is 2.32. The Labute approximate surface area is 168 Å². The van der Waals surface area contributed by atoms with Gasteiger partial charge in [-0.25, -0.2) is 4.98 Å². The largest absolute Gasteiger partial charge is 0.497 e. The average Bonchev–Trinajstić information content (AvgIpc) is 2.75. The van der Waals surface area contributed by atoms with Gasteiger partial charge in [0.1, 0.15) is 11.6 Å². The van der Waals surface area contributed by atoms with Crippen LogP contribution in [-0.4, -0.2) is 43.3 Å². The zero-order chi connectivity index (χ0) is 21.0. The van der Waals surface area contributed by atoms with Crippen molar-refractivity contribution >= 4 is 16.8 Å². The van der Waals surface area contributed by atoms with Gasteiger partial charge in [-0.05, 0) is 31.2 Å². The molecule has 2 aromatic carbocycles. The Bertz CT molecular complexity index is 1110. The molecule has 152 valence electrons. The molecule has 0 radical (unpaired) electrons. The second-order valence-electron chi connectivity index (χ2n) is 6.33. The summed E-state index contributed by atoms with van der Waals surface area (Å²) in [7, 11) is 4.59. The monoisotopic (exact) mass is 397 g/mol. The summed E-state index contributed by atoms with van der Waals surface area (Å²) in [6.07, 6.45) is 0. The lowest BCUT2D eigenvalue weighted by atomic mass is 10.2. The minimum absolute atomic E-state index is 0.205. The lowest BCUT2D eigenvalue weighted by molar-refractivity contribution is 0.0951. The molecule has 0 spiro atoms. The van der Waals surface area contributed by atoms with Gasteiger partial charge in [0, 0.05) is 24.7 Å². The van der Waals surface area contributed by atoms with E-state index in [0.29, 0.717) is 39.5 Å². The molecule has 8 nitrogen and oxygen atoms in total. The number of carbonyl (C=O) groups is 1. The van der Waals surface area contributed by atoms with Crippen LogP contribution in [0, 0.1) is 6.92 Å². The Morgan fingerprint density at radius 1 is 1.07 bits per heavy atom. The third-order valence-corrected chi connectivity index (χ3v) is 4.60. The predicted octanol–water partition coefficient (Wildman–Crippen LogP) is 2.16. The van der Waals surface area contributed by atoms with Crippen LogP contribution in [0.3, 0.4) is 0 Å². The average molecular weight is 397 g/mol. The zero-order valence-corrected chi connectivity index (χ0v) is 16.8.